The molecule has 0 saturated carbocycles. The van der Waals surface area contributed by atoms with E-state index in [1.807, 2.05) is 0 Å². The Bertz CT molecular complexity index is 896. The van der Waals surface area contributed by atoms with Crippen LogP contribution in [0.4, 0.5) is 0 Å². The average Bonchev–Trinajstić information content (AvgIpc) is 2.85. The molecule has 7 heteroatoms. The molecule has 0 amide bonds. The first kappa shape index (κ1) is 13.1. The number of aromatic amines is 2. The van der Waals surface area contributed by atoms with Crippen LogP contribution in [0, 0.1) is 0 Å². The molecule has 0 aliphatic rings. The molecule has 20 heavy (non-hydrogen) atoms. The van der Waals surface area contributed by atoms with E-state index in [1.54, 1.807) is 29.6 Å². The highest BCUT2D eigenvalue weighted by Gasteiger charge is 2.16. The fourth-order valence-corrected chi connectivity index (χ4v) is 3.13. The maximum atomic E-state index is 11.3. The molecule has 3 aromatic rings. The Hall–Kier alpha value is -1.89. The minimum atomic E-state index is -0.873. The van der Waals surface area contributed by atoms with Crippen LogP contribution in [0.5, 0.6) is 0 Å². The second-order valence-corrected chi connectivity index (χ2v) is 5.60. The lowest BCUT2D eigenvalue weighted by molar-refractivity contribution is 0.224. The van der Waals surface area contributed by atoms with E-state index in [4.69, 9.17) is 11.6 Å². The fraction of sp³-hybridized carbons (Fsp3) is 0.0769. The van der Waals surface area contributed by atoms with Gasteiger partial charge >= 0.3 is 11.1 Å². The highest BCUT2D eigenvalue weighted by Crippen LogP contribution is 2.33. The van der Waals surface area contributed by atoms with Crippen molar-refractivity contribution in [1.82, 2.24) is 9.97 Å². The molecular weight excluding hydrogens is 300 g/mol. The summed E-state index contributed by atoms with van der Waals surface area (Å²) in [7, 11) is 0. The highest BCUT2D eigenvalue weighted by molar-refractivity contribution is 7.10. The Morgan fingerprint density at radius 3 is 2.45 bits per heavy atom. The minimum absolute atomic E-state index is 0.457. The third-order valence-electron chi connectivity index (χ3n) is 2.96. The molecule has 2 aromatic heterocycles. The summed E-state index contributed by atoms with van der Waals surface area (Å²) in [6.07, 6.45) is -0.873. The summed E-state index contributed by atoms with van der Waals surface area (Å²) in [5.74, 6) is 0. The molecule has 3 N–H and O–H groups in total. The summed E-state index contributed by atoms with van der Waals surface area (Å²) in [6.45, 7) is 0. The van der Waals surface area contributed by atoms with Crippen LogP contribution in [0.15, 0.2) is 39.2 Å². The molecular formula is C13H9ClN2O3S. The average molecular weight is 309 g/mol. The fourth-order valence-electron chi connectivity index (χ4n) is 1.95. The third kappa shape index (κ3) is 2.18. The van der Waals surface area contributed by atoms with Gasteiger partial charge in [-0.2, -0.15) is 0 Å². The van der Waals surface area contributed by atoms with Gasteiger partial charge in [-0.05, 0) is 29.1 Å². The van der Waals surface area contributed by atoms with Gasteiger partial charge < -0.3 is 15.1 Å². The van der Waals surface area contributed by atoms with E-state index in [2.05, 4.69) is 9.97 Å². The number of hydrogen-bond donors (Lipinski definition) is 3. The van der Waals surface area contributed by atoms with Gasteiger partial charge in [-0.25, -0.2) is 0 Å². The zero-order chi connectivity index (χ0) is 14.3. The lowest BCUT2D eigenvalue weighted by Crippen LogP contribution is -2.28. The predicted octanol–water partition coefficient (Wildman–Crippen LogP) is 2.01. The zero-order valence-electron chi connectivity index (χ0n) is 10.0. The Morgan fingerprint density at radius 2 is 1.80 bits per heavy atom. The summed E-state index contributed by atoms with van der Waals surface area (Å²) in [5.41, 5.74) is 0.122. The number of aliphatic hydroxyl groups excluding tert-OH is 1. The van der Waals surface area contributed by atoms with E-state index in [1.165, 1.54) is 11.3 Å². The van der Waals surface area contributed by atoms with Crippen LogP contribution < -0.4 is 11.1 Å². The van der Waals surface area contributed by atoms with Gasteiger partial charge in [-0.1, -0.05) is 17.7 Å². The Labute approximate surface area is 121 Å². The van der Waals surface area contributed by atoms with Crippen molar-refractivity contribution in [3.63, 3.8) is 0 Å². The van der Waals surface area contributed by atoms with E-state index >= 15 is 0 Å². The Kier molecular flexibility index (Phi) is 3.21. The summed E-state index contributed by atoms with van der Waals surface area (Å²) in [6, 6.07) is 6.64. The van der Waals surface area contributed by atoms with E-state index in [0.717, 1.165) is 0 Å². The van der Waals surface area contributed by atoms with Crippen LogP contribution in [0.25, 0.3) is 11.0 Å². The molecule has 0 radical (unpaired) electrons. The van der Waals surface area contributed by atoms with Crippen LogP contribution in [0.2, 0.25) is 5.02 Å². The first-order valence-electron chi connectivity index (χ1n) is 5.73. The number of aromatic nitrogens is 2. The van der Waals surface area contributed by atoms with Crippen LogP contribution >= 0.6 is 22.9 Å². The van der Waals surface area contributed by atoms with E-state index in [-0.39, 0.29) is 0 Å². The summed E-state index contributed by atoms with van der Waals surface area (Å²) in [4.78, 5) is 28.1. The molecule has 0 aliphatic heterocycles. The second kappa shape index (κ2) is 4.90. The molecule has 1 unspecified atom stereocenters. The highest BCUT2D eigenvalue weighted by atomic mass is 35.5. The Morgan fingerprint density at radius 1 is 1.10 bits per heavy atom. The molecule has 1 aromatic carbocycles. The van der Waals surface area contributed by atoms with Gasteiger partial charge in [0.2, 0.25) is 0 Å². The van der Waals surface area contributed by atoms with Crippen LogP contribution in [-0.2, 0) is 0 Å². The number of halogens is 1. The molecule has 0 spiro atoms. The molecule has 5 nitrogen and oxygen atoms in total. The van der Waals surface area contributed by atoms with Gasteiger partial charge in [0.05, 0.1) is 20.9 Å². The summed E-state index contributed by atoms with van der Waals surface area (Å²) >= 11 is 7.35. The standard InChI is InChI=1S/C13H9ClN2O3S/c14-7-3-4-20-11(7)10(17)6-1-2-8-9(5-6)16-13(19)12(18)15-8/h1-5,10,17H,(H,15,18)(H,16,19). The molecule has 102 valence electrons. The summed E-state index contributed by atoms with van der Waals surface area (Å²) < 4.78 is 0. The predicted molar refractivity (Wildman–Crippen MR) is 78.6 cm³/mol. The van der Waals surface area contributed by atoms with Crippen molar-refractivity contribution in [2.45, 2.75) is 6.10 Å². The first-order valence-corrected chi connectivity index (χ1v) is 6.99. The molecule has 0 bridgehead atoms. The van der Waals surface area contributed by atoms with E-state index < -0.39 is 17.2 Å². The molecule has 3 rings (SSSR count). The van der Waals surface area contributed by atoms with Crippen LogP contribution in [0.1, 0.15) is 16.5 Å². The monoisotopic (exact) mass is 308 g/mol. The number of rotatable bonds is 2. The lowest BCUT2D eigenvalue weighted by atomic mass is 10.1. The quantitative estimate of drug-likeness (QED) is 0.633. The Balaban J connectivity index is 2.14. The summed E-state index contributed by atoms with van der Waals surface area (Å²) in [5, 5.41) is 12.6. The number of nitrogens with one attached hydrogen (secondary N) is 2. The maximum absolute atomic E-state index is 11.3. The van der Waals surface area contributed by atoms with Gasteiger partial charge in [0.25, 0.3) is 0 Å². The minimum Gasteiger partial charge on any atom is -0.383 e. The third-order valence-corrected chi connectivity index (χ3v) is 4.37. The number of hydrogen-bond acceptors (Lipinski definition) is 4. The smallest absolute Gasteiger partial charge is 0.314 e. The number of thiophene rings is 1. The number of fused-ring (bicyclic) bond motifs is 1. The number of H-pyrrole nitrogens is 2. The second-order valence-electron chi connectivity index (χ2n) is 4.25. The molecule has 1 atom stereocenters. The normalized spacial score (nSPS) is 12.7. The van der Waals surface area contributed by atoms with E-state index in [0.29, 0.717) is 26.5 Å². The van der Waals surface area contributed by atoms with Gasteiger partial charge in [-0.15, -0.1) is 11.3 Å². The van der Waals surface area contributed by atoms with Crippen LogP contribution in [-0.4, -0.2) is 15.1 Å². The van der Waals surface area contributed by atoms with Crippen molar-refractivity contribution in [2.24, 2.45) is 0 Å². The van der Waals surface area contributed by atoms with Crippen molar-refractivity contribution in [1.29, 1.82) is 0 Å². The van der Waals surface area contributed by atoms with Crippen LogP contribution in [0.3, 0.4) is 0 Å². The number of benzene rings is 1. The van der Waals surface area contributed by atoms with Crippen molar-refractivity contribution >= 4 is 34.0 Å². The molecule has 0 saturated heterocycles. The lowest BCUT2D eigenvalue weighted by Gasteiger charge is -2.10. The largest absolute Gasteiger partial charge is 0.383 e. The van der Waals surface area contributed by atoms with Crippen molar-refractivity contribution in [3.8, 4) is 0 Å². The van der Waals surface area contributed by atoms with E-state index in [9.17, 15) is 14.7 Å². The molecule has 2 heterocycles. The zero-order valence-corrected chi connectivity index (χ0v) is 11.6. The molecule has 0 aliphatic carbocycles. The maximum Gasteiger partial charge on any atom is 0.314 e. The SMILES string of the molecule is O=c1[nH]c2ccc(C(O)c3sccc3Cl)cc2[nH]c1=O. The first-order chi connectivity index (χ1) is 9.56. The van der Waals surface area contributed by atoms with Gasteiger partial charge in [-0.3, -0.25) is 9.59 Å². The van der Waals surface area contributed by atoms with Crippen molar-refractivity contribution in [2.75, 3.05) is 0 Å². The van der Waals surface area contributed by atoms with Gasteiger partial charge in [0, 0.05) is 0 Å². The van der Waals surface area contributed by atoms with Gasteiger partial charge in [0.15, 0.2) is 0 Å². The molecule has 0 fully saturated rings. The van der Waals surface area contributed by atoms with Crippen molar-refractivity contribution in [3.05, 3.63) is 65.8 Å². The number of aliphatic hydroxyl groups is 1. The van der Waals surface area contributed by atoms with Crippen molar-refractivity contribution < 1.29 is 5.11 Å². The topological polar surface area (TPSA) is 85.9 Å². The van der Waals surface area contributed by atoms with Gasteiger partial charge in [0.1, 0.15) is 6.10 Å².